The molecular weight excluding hydrogens is 404 g/mol. The molecule has 0 unspecified atom stereocenters. The molecule has 2 amide bonds. The van der Waals surface area contributed by atoms with E-state index < -0.39 is 6.04 Å². The predicted molar refractivity (Wildman–Crippen MR) is 118 cm³/mol. The van der Waals surface area contributed by atoms with Gasteiger partial charge in [0.15, 0.2) is 18.1 Å². The van der Waals surface area contributed by atoms with Gasteiger partial charge in [-0.1, -0.05) is 49.7 Å². The van der Waals surface area contributed by atoms with Gasteiger partial charge < -0.3 is 19.7 Å². The van der Waals surface area contributed by atoms with Crippen LogP contribution in [0, 0.1) is 0 Å². The second-order valence-electron chi connectivity index (χ2n) is 6.80. The topological polar surface area (TPSA) is 67.9 Å². The summed E-state index contributed by atoms with van der Waals surface area (Å²) in [6.07, 6.45) is 1.31. The maximum atomic E-state index is 13.1. The minimum atomic E-state index is -0.596. The maximum Gasteiger partial charge on any atom is 0.261 e. The number of para-hydroxylation sites is 2. The van der Waals surface area contributed by atoms with Gasteiger partial charge in [0.2, 0.25) is 5.91 Å². The zero-order chi connectivity index (χ0) is 21.9. The van der Waals surface area contributed by atoms with Crippen LogP contribution in [-0.2, 0) is 16.1 Å². The summed E-state index contributed by atoms with van der Waals surface area (Å²) in [6.45, 7) is 4.52. The van der Waals surface area contributed by atoms with Gasteiger partial charge in [-0.15, -0.1) is 0 Å². The first kappa shape index (κ1) is 23.5. The first-order valence-corrected chi connectivity index (χ1v) is 10.4. The third-order valence-electron chi connectivity index (χ3n) is 4.62. The van der Waals surface area contributed by atoms with Crippen LogP contribution in [0.4, 0.5) is 0 Å². The van der Waals surface area contributed by atoms with E-state index in [9.17, 15) is 9.59 Å². The van der Waals surface area contributed by atoms with Gasteiger partial charge in [0.25, 0.3) is 5.91 Å². The summed E-state index contributed by atoms with van der Waals surface area (Å²) in [7, 11) is 1.54. The summed E-state index contributed by atoms with van der Waals surface area (Å²) in [6, 6.07) is 13.8. The Balaban J connectivity index is 2.20. The molecule has 2 rings (SSSR count). The highest BCUT2D eigenvalue weighted by molar-refractivity contribution is 6.30. The summed E-state index contributed by atoms with van der Waals surface area (Å²) in [5.41, 5.74) is 0.881. The molecule has 0 radical (unpaired) electrons. The van der Waals surface area contributed by atoms with E-state index >= 15 is 0 Å². The number of hydrogen-bond acceptors (Lipinski definition) is 4. The molecule has 0 aromatic heterocycles. The van der Waals surface area contributed by atoms with Crippen molar-refractivity contribution in [2.75, 3.05) is 20.3 Å². The zero-order valence-corrected chi connectivity index (χ0v) is 18.4. The van der Waals surface area contributed by atoms with Crippen molar-refractivity contribution in [1.82, 2.24) is 10.2 Å². The van der Waals surface area contributed by atoms with Crippen LogP contribution in [0.5, 0.6) is 11.5 Å². The van der Waals surface area contributed by atoms with Crippen molar-refractivity contribution >= 4 is 23.4 Å². The van der Waals surface area contributed by atoms with E-state index in [1.165, 1.54) is 0 Å². The van der Waals surface area contributed by atoms with Gasteiger partial charge in [-0.2, -0.15) is 0 Å². The average molecular weight is 433 g/mol. The second kappa shape index (κ2) is 12.1. The molecule has 0 aliphatic rings. The minimum Gasteiger partial charge on any atom is -0.493 e. The van der Waals surface area contributed by atoms with Crippen LogP contribution >= 0.6 is 11.6 Å². The third-order valence-corrected chi connectivity index (χ3v) is 4.87. The molecule has 0 saturated heterocycles. The van der Waals surface area contributed by atoms with Gasteiger partial charge in [-0.05, 0) is 42.7 Å². The van der Waals surface area contributed by atoms with Crippen LogP contribution in [0.2, 0.25) is 5.02 Å². The van der Waals surface area contributed by atoms with E-state index in [0.717, 1.165) is 12.0 Å². The van der Waals surface area contributed by atoms with E-state index in [-0.39, 0.29) is 25.0 Å². The highest BCUT2D eigenvalue weighted by Gasteiger charge is 2.28. The number of nitrogens with zero attached hydrogens (tertiary/aromatic N) is 1. The minimum absolute atomic E-state index is 0.168. The van der Waals surface area contributed by atoms with E-state index in [4.69, 9.17) is 21.1 Å². The van der Waals surface area contributed by atoms with Crippen molar-refractivity contribution in [3.05, 3.63) is 59.1 Å². The lowest BCUT2D eigenvalue weighted by Crippen LogP contribution is -2.50. The molecule has 0 aliphatic carbocycles. The normalized spacial score (nSPS) is 11.5. The van der Waals surface area contributed by atoms with Crippen LogP contribution < -0.4 is 14.8 Å². The van der Waals surface area contributed by atoms with Crippen molar-refractivity contribution in [3.63, 3.8) is 0 Å². The standard InChI is InChI=1S/C23H29ClN2O4/c1-4-14-25-23(28)19(5-2)26(15-17-10-12-18(24)13-11-17)22(27)16-30-21-9-7-6-8-20(21)29-3/h6-13,19H,4-5,14-16H2,1-3H3,(H,25,28)/t19-/m1/s1. The smallest absolute Gasteiger partial charge is 0.261 e. The van der Waals surface area contributed by atoms with Crippen LogP contribution in [0.3, 0.4) is 0 Å². The number of hydrogen-bond donors (Lipinski definition) is 1. The molecule has 0 fully saturated rings. The second-order valence-corrected chi connectivity index (χ2v) is 7.24. The molecule has 2 aromatic carbocycles. The fourth-order valence-corrected chi connectivity index (χ4v) is 3.16. The lowest BCUT2D eigenvalue weighted by Gasteiger charge is -2.30. The van der Waals surface area contributed by atoms with Gasteiger partial charge in [-0.3, -0.25) is 9.59 Å². The summed E-state index contributed by atoms with van der Waals surface area (Å²) in [5.74, 6) is 0.568. The molecule has 1 N–H and O–H groups in total. The Kier molecular flexibility index (Phi) is 9.48. The van der Waals surface area contributed by atoms with Gasteiger partial charge in [0.1, 0.15) is 6.04 Å². The summed E-state index contributed by atoms with van der Waals surface area (Å²) >= 11 is 5.98. The number of benzene rings is 2. The van der Waals surface area contributed by atoms with Crippen molar-refractivity contribution in [2.45, 2.75) is 39.3 Å². The number of rotatable bonds is 11. The Morgan fingerprint density at radius 1 is 1.07 bits per heavy atom. The van der Waals surface area contributed by atoms with Crippen molar-refractivity contribution < 1.29 is 19.1 Å². The molecule has 30 heavy (non-hydrogen) atoms. The fraction of sp³-hybridized carbons (Fsp3) is 0.391. The summed E-state index contributed by atoms with van der Waals surface area (Å²) < 4.78 is 11.0. The van der Waals surface area contributed by atoms with Crippen molar-refractivity contribution in [3.8, 4) is 11.5 Å². The van der Waals surface area contributed by atoms with Crippen LogP contribution in [0.1, 0.15) is 32.3 Å². The number of carbonyl (C=O) groups is 2. The zero-order valence-electron chi connectivity index (χ0n) is 17.7. The molecule has 162 valence electrons. The lowest BCUT2D eigenvalue weighted by atomic mass is 10.1. The molecule has 0 heterocycles. The van der Waals surface area contributed by atoms with Gasteiger partial charge in [0.05, 0.1) is 7.11 Å². The molecule has 0 saturated carbocycles. The molecule has 0 bridgehead atoms. The van der Waals surface area contributed by atoms with Crippen LogP contribution in [-0.4, -0.2) is 43.0 Å². The largest absolute Gasteiger partial charge is 0.493 e. The average Bonchev–Trinajstić information content (AvgIpc) is 2.77. The SMILES string of the molecule is CCCNC(=O)[C@@H](CC)N(Cc1ccc(Cl)cc1)C(=O)COc1ccccc1OC. The molecule has 0 aliphatic heterocycles. The van der Waals surface area contributed by atoms with E-state index in [0.29, 0.717) is 29.5 Å². The molecule has 7 heteroatoms. The Labute approximate surface area is 183 Å². The Hall–Kier alpha value is -2.73. The molecule has 1 atom stereocenters. The first-order chi connectivity index (χ1) is 14.5. The van der Waals surface area contributed by atoms with Crippen molar-refractivity contribution in [2.24, 2.45) is 0 Å². The number of nitrogens with one attached hydrogen (secondary N) is 1. The first-order valence-electron chi connectivity index (χ1n) is 10.1. The highest BCUT2D eigenvalue weighted by atomic mass is 35.5. The predicted octanol–water partition coefficient (Wildman–Crippen LogP) is 4.06. The molecule has 0 spiro atoms. The molecule has 6 nitrogen and oxygen atoms in total. The molecule has 2 aromatic rings. The number of halogens is 1. The maximum absolute atomic E-state index is 13.1. The van der Waals surface area contributed by atoms with Gasteiger partial charge >= 0.3 is 0 Å². The quantitative estimate of drug-likeness (QED) is 0.581. The van der Waals surface area contributed by atoms with E-state index in [2.05, 4.69) is 5.32 Å². The summed E-state index contributed by atoms with van der Waals surface area (Å²) in [4.78, 5) is 27.4. The van der Waals surface area contributed by atoms with Crippen molar-refractivity contribution in [1.29, 1.82) is 0 Å². The van der Waals surface area contributed by atoms with E-state index in [1.807, 2.05) is 32.0 Å². The fourth-order valence-electron chi connectivity index (χ4n) is 3.03. The summed E-state index contributed by atoms with van der Waals surface area (Å²) in [5, 5.41) is 3.51. The number of amides is 2. The Morgan fingerprint density at radius 2 is 1.73 bits per heavy atom. The Morgan fingerprint density at radius 3 is 2.33 bits per heavy atom. The van der Waals surface area contributed by atoms with Gasteiger partial charge in [0, 0.05) is 18.1 Å². The van der Waals surface area contributed by atoms with E-state index in [1.54, 1.807) is 42.3 Å². The monoisotopic (exact) mass is 432 g/mol. The van der Waals surface area contributed by atoms with Crippen LogP contribution in [0.15, 0.2) is 48.5 Å². The number of ether oxygens (including phenoxy) is 2. The number of carbonyl (C=O) groups excluding carboxylic acids is 2. The lowest BCUT2D eigenvalue weighted by molar-refractivity contribution is -0.143. The Bertz CT molecular complexity index is 826. The van der Waals surface area contributed by atoms with Gasteiger partial charge in [-0.25, -0.2) is 0 Å². The highest BCUT2D eigenvalue weighted by Crippen LogP contribution is 2.26. The third kappa shape index (κ3) is 6.66. The number of methoxy groups -OCH3 is 1. The molecular formula is C23H29ClN2O4. The van der Waals surface area contributed by atoms with Crippen LogP contribution in [0.25, 0.3) is 0 Å².